The summed E-state index contributed by atoms with van der Waals surface area (Å²) in [7, 11) is 2.24. The first-order chi connectivity index (χ1) is 17.8. The summed E-state index contributed by atoms with van der Waals surface area (Å²) >= 11 is 6.14. The third-order valence-electron chi connectivity index (χ3n) is 7.29. The number of methoxy groups -OCH3 is 2. The van der Waals surface area contributed by atoms with Crippen LogP contribution in [-0.4, -0.2) is 46.3 Å². The van der Waals surface area contributed by atoms with Crippen molar-refractivity contribution in [2.24, 2.45) is 5.92 Å². The summed E-state index contributed by atoms with van der Waals surface area (Å²) in [6, 6.07) is 12.7. The van der Waals surface area contributed by atoms with Gasteiger partial charge < -0.3 is 29.5 Å². The Bertz CT molecular complexity index is 1400. The van der Waals surface area contributed by atoms with Crippen LogP contribution in [0.15, 0.2) is 60.7 Å². The minimum absolute atomic E-state index is 0.152. The summed E-state index contributed by atoms with van der Waals surface area (Å²) in [5, 5.41) is 35.9. The Labute approximate surface area is 219 Å². The number of carbonyl (C=O) groups is 1. The Balaban J connectivity index is 1.92. The molecule has 200 valence electrons. The predicted octanol–water partition coefficient (Wildman–Crippen LogP) is 3.51. The number of esters is 1. The average Bonchev–Trinajstić information content (AvgIpc) is 2.96. The van der Waals surface area contributed by atoms with Crippen molar-refractivity contribution >= 4 is 17.6 Å². The van der Waals surface area contributed by atoms with E-state index >= 15 is 0 Å². The predicted molar refractivity (Wildman–Crippen MR) is 125 cm³/mol. The molecule has 4 atom stereocenters. The lowest BCUT2D eigenvalue weighted by molar-refractivity contribution is -0.341. The topological polar surface area (TPSA) is 118 Å². The van der Waals surface area contributed by atoms with Crippen molar-refractivity contribution in [3.05, 3.63) is 88.1 Å². The van der Waals surface area contributed by atoms with Gasteiger partial charge in [0.25, 0.3) is 0 Å². The number of nitrogens with zero attached hydrogens (tertiary/aromatic N) is 1. The fourth-order valence-electron chi connectivity index (χ4n) is 5.75. The second kappa shape index (κ2) is 8.57. The van der Waals surface area contributed by atoms with E-state index < -0.39 is 46.5 Å². The van der Waals surface area contributed by atoms with Gasteiger partial charge in [-0.25, -0.2) is 4.98 Å². The van der Waals surface area contributed by atoms with Gasteiger partial charge in [0, 0.05) is 11.6 Å². The second-order valence-electron chi connectivity index (χ2n) is 9.07. The first-order valence-electron chi connectivity index (χ1n) is 11.3. The number of halogens is 4. The molecule has 8 nitrogen and oxygen atoms in total. The summed E-state index contributed by atoms with van der Waals surface area (Å²) < 4.78 is 56.6. The van der Waals surface area contributed by atoms with Gasteiger partial charge in [0.05, 0.1) is 31.3 Å². The molecule has 1 aliphatic carbocycles. The maximum Gasteiger partial charge on any atom is 0.416 e. The van der Waals surface area contributed by atoms with E-state index in [1.807, 2.05) is 0 Å². The van der Waals surface area contributed by atoms with Crippen molar-refractivity contribution in [1.82, 2.24) is 4.98 Å². The van der Waals surface area contributed by atoms with Gasteiger partial charge in [-0.05, 0) is 17.7 Å². The maximum atomic E-state index is 13.4. The highest BCUT2D eigenvalue weighted by molar-refractivity contribution is 6.29. The number of rotatable bonds is 4. The molecular weight excluding hydrogens is 531 g/mol. The van der Waals surface area contributed by atoms with Crippen LogP contribution < -0.4 is 9.47 Å². The van der Waals surface area contributed by atoms with E-state index in [0.717, 1.165) is 31.4 Å². The van der Waals surface area contributed by atoms with E-state index in [1.54, 1.807) is 30.3 Å². The van der Waals surface area contributed by atoms with Crippen LogP contribution >= 0.6 is 11.6 Å². The molecule has 2 aromatic carbocycles. The molecule has 0 spiro atoms. The lowest BCUT2D eigenvalue weighted by Gasteiger charge is -2.49. The van der Waals surface area contributed by atoms with Crippen molar-refractivity contribution in [2.45, 2.75) is 29.1 Å². The lowest BCUT2D eigenvalue weighted by Crippen LogP contribution is -2.65. The first kappa shape index (κ1) is 26.2. The zero-order valence-electron chi connectivity index (χ0n) is 19.9. The number of hydrogen-bond acceptors (Lipinski definition) is 8. The van der Waals surface area contributed by atoms with Crippen LogP contribution in [0.25, 0.3) is 0 Å². The standard InChI is InChI=1S/C26H21ClF3NO7/c1-36-21-19-16(12-17(27)31-21)38-24(14-8-10-15(11-9-14)25(28,29)30)18(13-6-4-3-5-7-13)20(22(32)37-2)23(19,33)26(24,34)35/h3-12,18,20,33-35H,1-2H3/t18-,20+,23?,24+/m1/s1. The van der Waals surface area contributed by atoms with E-state index in [-0.39, 0.29) is 27.9 Å². The Hall–Kier alpha value is -3.38. The van der Waals surface area contributed by atoms with Crippen LogP contribution in [0.3, 0.4) is 0 Å². The number of aliphatic hydroxyl groups is 3. The quantitative estimate of drug-likeness (QED) is 0.256. The van der Waals surface area contributed by atoms with Crippen LogP contribution in [-0.2, 0) is 26.9 Å². The molecule has 0 saturated heterocycles. The molecule has 3 aromatic rings. The number of pyridine rings is 1. The Morgan fingerprint density at radius 3 is 2.24 bits per heavy atom. The summed E-state index contributed by atoms with van der Waals surface area (Å²) in [6.07, 6.45) is -4.68. The maximum absolute atomic E-state index is 13.4. The van der Waals surface area contributed by atoms with Gasteiger partial charge in [0.15, 0.2) is 11.2 Å². The summed E-state index contributed by atoms with van der Waals surface area (Å²) in [5.41, 5.74) is -6.57. The van der Waals surface area contributed by atoms with Gasteiger partial charge >= 0.3 is 12.1 Å². The first-order valence-corrected chi connectivity index (χ1v) is 11.6. The molecule has 38 heavy (non-hydrogen) atoms. The molecule has 12 heteroatoms. The molecule has 1 aromatic heterocycles. The third-order valence-corrected chi connectivity index (χ3v) is 7.48. The highest BCUT2D eigenvalue weighted by Gasteiger charge is 2.84. The van der Waals surface area contributed by atoms with Crippen molar-refractivity contribution in [3.8, 4) is 11.6 Å². The smallest absolute Gasteiger partial charge is 0.416 e. The van der Waals surface area contributed by atoms with Gasteiger partial charge in [-0.1, -0.05) is 54.1 Å². The number of ether oxygens (including phenoxy) is 3. The molecule has 0 radical (unpaired) electrons. The van der Waals surface area contributed by atoms with Gasteiger partial charge in [-0.2, -0.15) is 13.2 Å². The highest BCUT2D eigenvalue weighted by atomic mass is 35.5. The third kappa shape index (κ3) is 3.29. The van der Waals surface area contributed by atoms with Gasteiger partial charge in [0.2, 0.25) is 11.7 Å². The zero-order valence-corrected chi connectivity index (χ0v) is 20.6. The van der Waals surface area contributed by atoms with Crippen LogP contribution in [0.5, 0.6) is 11.6 Å². The Morgan fingerprint density at radius 1 is 1.05 bits per heavy atom. The highest BCUT2D eigenvalue weighted by Crippen LogP contribution is 2.71. The van der Waals surface area contributed by atoms with E-state index in [2.05, 4.69) is 4.98 Å². The molecule has 0 amide bonds. The largest absolute Gasteiger partial charge is 0.481 e. The van der Waals surface area contributed by atoms with Crippen molar-refractivity contribution in [1.29, 1.82) is 0 Å². The molecule has 2 aliphatic rings. The van der Waals surface area contributed by atoms with Crippen LogP contribution in [0.1, 0.15) is 28.2 Å². The lowest BCUT2D eigenvalue weighted by atomic mass is 9.74. The van der Waals surface area contributed by atoms with Crippen LogP contribution in [0.2, 0.25) is 5.15 Å². The van der Waals surface area contributed by atoms with Gasteiger partial charge in [-0.3, -0.25) is 4.79 Å². The zero-order chi connectivity index (χ0) is 27.7. The minimum atomic E-state index is -4.68. The molecule has 3 N–H and O–H groups in total. The van der Waals surface area contributed by atoms with Gasteiger partial charge in [0.1, 0.15) is 16.8 Å². The van der Waals surface area contributed by atoms with Crippen molar-refractivity contribution < 1.29 is 47.5 Å². The number of hydrogen-bond donors (Lipinski definition) is 3. The van der Waals surface area contributed by atoms with E-state index in [4.69, 9.17) is 25.8 Å². The Kier molecular flexibility index (Phi) is 5.91. The van der Waals surface area contributed by atoms with Crippen LogP contribution in [0, 0.1) is 5.92 Å². The molecule has 2 heterocycles. The normalized spacial score (nSPS) is 27.3. The molecule has 1 saturated carbocycles. The average molecular weight is 552 g/mol. The number of aromatic nitrogens is 1. The van der Waals surface area contributed by atoms with E-state index in [0.29, 0.717) is 5.56 Å². The molecule has 5 rings (SSSR count). The molecule has 1 aliphatic heterocycles. The molecule has 1 unspecified atom stereocenters. The van der Waals surface area contributed by atoms with E-state index in [9.17, 15) is 33.3 Å². The SMILES string of the molecule is COC(=O)[C@@H]1[C@@H](c2ccccc2)[C@]2(c3ccc(C(F)(F)F)cc3)Oc3cc(Cl)nc(OC)c3C1(O)C2(O)O. The summed E-state index contributed by atoms with van der Waals surface area (Å²) in [6.45, 7) is 0. The number of benzene rings is 2. The number of alkyl halides is 3. The van der Waals surface area contributed by atoms with Crippen molar-refractivity contribution in [2.75, 3.05) is 14.2 Å². The number of fused-ring (bicyclic) bond motifs is 4. The van der Waals surface area contributed by atoms with E-state index in [1.165, 1.54) is 13.2 Å². The van der Waals surface area contributed by atoms with Crippen molar-refractivity contribution in [3.63, 3.8) is 0 Å². The Morgan fingerprint density at radius 2 is 1.68 bits per heavy atom. The summed E-state index contributed by atoms with van der Waals surface area (Å²) in [5.74, 6) is -8.11. The minimum Gasteiger partial charge on any atom is -0.481 e. The fourth-order valence-corrected chi connectivity index (χ4v) is 5.92. The fraction of sp³-hybridized carbons (Fsp3) is 0.308. The monoisotopic (exact) mass is 551 g/mol. The molecule has 2 bridgehead atoms. The van der Waals surface area contributed by atoms with Crippen LogP contribution in [0.4, 0.5) is 13.2 Å². The summed E-state index contributed by atoms with van der Waals surface area (Å²) in [4.78, 5) is 17.4. The van der Waals surface area contributed by atoms with Gasteiger partial charge in [-0.15, -0.1) is 0 Å². The molecule has 1 fully saturated rings. The second-order valence-corrected chi connectivity index (χ2v) is 9.46. The number of carbonyl (C=O) groups excluding carboxylic acids is 1. The molecular formula is C26H21ClF3NO7.